The molecule has 2 heteroatoms. The Morgan fingerprint density at radius 2 is 1.76 bits per heavy atom. The second kappa shape index (κ2) is 6.66. The van der Waals surface area contributed by atoms with Gasteiger partial charge in [-0.3, -0.25) is 0 Å². The maximum absolute atomic E-state index is 5.48. The van der Waals surface area contributed by atoms with Gasteiger partial charge in [0.25, 0.3) is 0 Å². The van der Waals surface area contributed by atoms with E-state index < -0.39 is 0 Å². The van der Waals surface area contributed by atoms with E-state index in [-0.39, 0.29) is 6.04 Å². The van der Waals surface area contributed by atoms with Crippen molar-refractivity contribution in [3.63, 3.8) is 0 Å². The molecule has 0 aliphatic rings. The Hall–Kier alpha value is -1.96. The first-order valence-electron chi connectivity index (χ1n) is 7.52. The molecular weight excluding hydrogens is 258 g/mol. The topological polar surface area (TPSA) is 21.3 Å². The lowest BCUT2D eigenvalue weighted by molar-refractivity contribution is 0.408. The van der Waals surface area contributed by atoms with Crippen molar-refractivity contribution in [2.75, 3.05) is 12.4 Å². The lowest BCUT2D eigenvalue weighted by Crippen LogP contribution is -2.08. The molecule has 0 fully saturated rings. The van der Waals surface area contributed by atoms with E-state index in [4.69, 9.17) is 4.74 Å². The second-order valence-electron chi connectivity index (χ2n) is 5.89. The number of benzene rings is 2. The molecule has 2 rings (SSSR count). The Kier molecular flexibility index (Phi) is 4.89. The number of rotatable bonds is 5. The van der Waals surface area contributed by atoms with Crippen LogP contribution in [0.1, 0.15) is 49.4 Å². The first-order valence-corrected chi connectivity index (χ1v) is 7.52. The fourth-order valence-electron chi connectivity index (χ4n) is 2.51. The van der Waals surface area contributed by atoms with E-state index in [9.17, 15) is 0 Å². The van der Waals surface area contributed by atoms with E-state index >= 15 is 0 Å². The molecule has 2 aromatic rings. The molecule has 0 spiro atoms. The van der Waals surface area contributed by atoms with Gasteiger partial charge >= 0.3 is 0 Å². The second-order valence-corrected chi connectivity index (χ2v) is 5.89. The first-order chi connectivity index (χ1) is 10.0. The van der Waals surface area contributed by atoms with Gasteiger partial charge in [0.05, 0.1) is 13.2 Å². The summed E-state index contributed by atoms with van der Waals surface area (Å²) in [5.41, 5.74) is 4.93. The molecule has 0 amide bonds. The molecule has 0 aliphatic heterocycles. The van der Waals surface area contributed by atoms with Gasteiger partial charge in [-0.25, -0.2) is 0 Å². The zero-order valence-corrected chi connectivity index (χ0v) is 13.6. The zero-order valence-electron chi connectivity index (χ0n) is 13.6. The third-order valence-electron chi connectivity index (χ3n) is 3.79. The van der Waals surface area contributed by atoms with Gasteiger partial charge in [-0.05, 0) is 43.5 Å². The van der Waals surface area contributed by atoms with Crippen molar-refractivity contribution in [2.45, 2.75) is 39.7 Å². The van der Waals surface area contributed by atoms with Crippen LogP contribution in [0.2, 0.25) is 0 Å². The lowest BCUT2D eigenvalue weighted by atomic mass is 10.0. The fourth-order valence-corrected chi connectivity index (χ4v) is 2.51. The molecule has 0 radical (unpaired) electrons. The summed E-state index contributed by atoms with van der Waals surface area (Å²) in [4.78, 5) is 0. The highest BCUT2D eigenvalue weighted by Crippen LogP contribution is 2.29. The number of methoxy groups -OCH3 is 1. The monoisotopic (exact) mass is 283 g/mol. The molecule has 112 valence electrons. The van der Waals surface area contributed by atoms with Gasteiger partial charge in [0.2, 0.25) is 0 Å². The molecule has 0 saturated heterocycles. The van der Waals surface area contributed by atoms with E-state index in [2.05, 4.69) is 69.4 Å². The van der Waals surface area contributed by atoms with Crippen LogP contribution in [0.15, 0.2) is 42.5 Å². The van der Waals surface area contributed by atoms with Crippen LogP contribution in [0.25, 0.3) is 0 Å². The van der Waals surface area contributed by atoms with Gasteiger partial charge in [0, 0.05) is 11.3 Å². The molecule has 0 bridgehead atoms. The van der Waals surface area contributed by atoms with Gasteiger partial charge in [-0.2, -0.15) is 0 Å². The molecule has 0 heterocycles. The highest BCUT2D eigenvalue weighted by atomic mass is 16.5. The van der Waals surface area contributed by atoms with E-state index in [1.165, 1.54) is 16.7 Å². The minimum absolute atomic E-state index is 0.197. The van der Waals surface area contributed by atoms with Crippen LogP contribution >= 0.6 is 0 Å². The highest BCUT2D eigenvalue weighted by molar-refractivity contribution is 5.50. The van der Waals surface area contributed by atoms with Gasteiger partial charge in [-0.1, -0.05) is 43.7 Å². The number of hydrogen-bond acceptors (Lipinski definition) is 2. The minimum Gasteiger partial charge on any atom is -0.496 e. The van der Waals surface area contributed by atoms with Crippen LogP contribution in [0.3, 0.4) is 0 Å². The summed E-state index contributed by atoms with van der Waals surface area (Å²) < 4.78 is 5.48. The fraction of sp³-hybridized carbons (Fsp3) is 0.368. The summed E-state index contributed by atoms with van der Waals surface area (Å²) in [6, 6.07) is 15.1. The van der Waals surface area contributed by atoms with Crippen LogP contribution < -0.4 is 10.1 Å². The van der Waals surface area contributed by atoms with Gasteiger partial charge < -0.3 is 10.1 Å². The predicted octanol–water partition coefficient (Wildman–Crippen LogP) is 5.30. The Labute approximate surface area is 128 Å². The predicted molar refractivity (Wildman–Crippen MR) is 90.3 cm³/mol. The average Bonchev–Trinajstić information content (AvgIpc) is 2.47. The molecule has 0 aromatic heterocycles. The van der Waals surface area contributed by atoms with Crippen molar-refractivity contribution >= 4 is 5.69 Å². The number of aryl methyl sites for hydroxylation is 1. The average molecular weight is 283 g/mol. The van der Waals surface area contributed by atoms with Gasteiger partial charge in [-0.15, -0.1) is 0 Å². The van der Waals surface area contributed by atoms with Crippen LogP contribution in [0.5, 0.6) is 5.75 Å². The first kappa shape index (κ1) is 15.4. The van der Waals surface area contributed by atoms with Crippen molar-refractivity contribution in [1.82, 2.24) is 0 Å². The SMILES string of the molecule is COc1ccc(C)cc1C(C)Nc1cccc(C(C)C)c1. The number of hydrogen-bond donors (Lipinski definition) is 1. The summed E-state index contributed by atoms with van der Waals surface area (Å²) in [7, 11) is 1.72. The van der Waals surface area contributed by atoms with Crippen LogP contribution in [0.4, 0.5) is 5.69 Å². The molecule has 0 aliphatic carbocycles. The molecule has 1 unspecified atom stereocenters. The summed E-state index contributed by atoms with van der Waals surface area (Å²) in [5, 5.41) is 3.58. The number of nitrogens with one attached hydrogen (secondary N) is 1. The van der Waals surface area contributed by atoms with Crippen LogP contribution in [-0.4, -0.2) is 7.11 Å². The van der Waals surface area contributed by atoms with Crippen molar-refractivity contribution < 1.29 is 4.74 Å². The Balaban J connectivity index is 2.23. The van der Waals surface area contributed by atoms with E-state index in [1.54, 1.807) is 7.11 Å². The highest BCUT2D eigenvalue weighted by Gasteiger charge is 2.12. The smallest absolute Gasteiger partial charge is 0.124 e. The van der Waals surface area contributed by atoms with E-state index in [0.717, 1.165) is 11.4 Å². The van der Waals surface area contributed by atoms with Crippen molar-refractivity contribution in [2.24, 2.45) is 0 Å². The van der Waals surface area contributed by atoms with E-state index in [0.29, 0.717) is 5.92 Å². The Morgan fingerprint density at radius 3 is 2.43 bits per heavy atom. The number of ether oxygens (including phenoxy) is 1. The third-order valence-corrected chi connectivity index (χ3v) is 3.79. The Bertz CT molecular complexity index is 604. The molecule has 0 saturated carbocycles. The summed E-state index contributed by atoms with van der Waals surface area (Å²) in [6.07, 6.45) is 0. The molecule has 1 atom stereocenters. The quantitative estimate of drug-likeness (QED) is 0.804. The number of anilines is 1. The molecule has 2 aromatic carbocycles. The van der Waals surface area contributed by atoms with Crippen LogP contribution in [0, 0.1) is 6.92 Å². The maximum Gasteiger partial charge on any atom is 0.124 e. The summed E-state index contributed by atoms with van der Waals surface area (Å²) in [5.74, 6) is 1.47. The molecule has 21 heavy (non-hydrogen) atoms. The third kappa shape index (κ3) is 3.78. The molecular formula is C19H25NO. The van der Waals surface area contributed by atoms with Crippen molar-refractivity contribution in [3.05, 3.63) is 59.2 Å². The lowest BCUT2D eigenvalue weighted by Gasteiger charge is -2.20. The van der Waals surface area contributed by atoms with Crippen molar-refractivity contribution in [3.8, 4) is 5.75 Å². The maximum atomic E-state index is 5.48. The standard InChI is InChI=1S/C19H25NO/c1-13(2)16-7-6-8-17(12-16)20-15(4)18-11-14(3)9-10-19(18)21-5/h6-13,15,20H,1-5H3. The zero-order chi connectivity index (χ0) is 15.4. The normalized spacial score (nSPS) is 12.3. The Morgan fingerprint density at radius 1 is 1.00 bits per heavy atom. The largest absolute Gasteiger partial charge is 0.496 e. The summed E-state index contributed by atoms with van der Waals surface area (Å²) in [6.45, 7) is 8.70. The minimum atomic E-state index is 0.197. The van der Waals surface area contributed by atoms with E-state index in [1.807, 2.05) is 6.07 Å². The molecule has 1 N–H and O–H groups in total. The van der Waals surface area contributed by atoms with Crippen LogP contribution in [-0.2, 0) is 0 Å². The van der Waals surface area contributed by atoms with Gasteiger partial charge in [0.15, 0.2) is 0 Å². The van der Waals surface area contributed by atoms with Crippen molar-refractivity contribution in [1.29, 1.82) is 0 Å². The van der Waals surface area contributed by atoms with Gasteiger partial charge in [0.1, 0.15) is 5.75 Å². The molecule has 2 nitrogen and oxygen atoms in total. The summed E-state index contributed by atoms with van der Waals surface area (Å²) >= 11 is 0.